The van der Waals surface area contributed by atoms with Crippen molar-refractivity contribution in [3.8, 4) is 22.9 Å². The van der Waals surface area contributed by atoms with Crippen molar-refractivity contribution in [2.24, 2.45) is 12.2 Å². The molecule has 3 aromatic rings. The summed E-state index contributed by atoms with van der Waals surface area (Å²) in [6.45, 7) is 1.23. The summed E-state index contributed by atoms with van der Waals surface area (Å²) in [5.41, 5.74) is -5.88. The molecule has 0 aliphatic heterocycles. The molecular weight excluding hydrogens is 494 g/mol. The maximum atomic E-state index is 14.8. The molecule has 0 spiro atoms. The smallest absolute Gasteiger partial charge is 0.431 e. The minimum atomic E-state index is -5.02. The Balaban J connectivity index is 2.09. The van der Waals surface area contributed by atoms with E-state index in [0.717, 1.165) is 13.1 Å². The van der Waals surface area contributed by atoms with E-state index in [1.165, 1.54) is 24.3 Å². The minimum Gasteiger partial charge on any atom is -0.478 e. The molecule has 0 N–H and O–H groups in total. The van der Waals surface area contributed by atoms with E-state index < -0.39 is 58.6 Å². The zero-order chi connectivity index (χ0) is 26.6. The Morgan fingerprint density at radius 3 is 2.33 bits per heavy atom. The Bertz CT molecular complexity index is 1430. The van der Waals surface area contributed by atoms with E-state index in [1.807, 2.05) is 0 Å². The summed E-state index contributed by atoms with van der Waals surface area (Å²) in [6.07, 6.45) is -5.02. The van der Waals surface area contributed by atoms with E-state index in [9.17, 15) is 36.9 Å². The topological polar surface area (TPSA) is 118 Å². The Morgan fingerprint density at radius 1 is 1.06 bits per heavy atom. The van der Waals surface area contributed by atoms with Gasteiger partial charge in [0.1, 0.15) is 11.5 Å². The van der Waals surface area contributed by atoms with Gasteiger partial charge in [0.2, 0.25) is 0 Å². The number of rotatable bonds is 8. The van der Waals surface area contributed by atoms with Gasteiger partial charge in [-0.1, -0.05) is 12.1 Å². The van der Waals surface area contributed by atoms with Crippen molar-refractivity contribution in [3.63, 3.8) is 0 Å². The number of halogens is 4. The normalized spacial score (nSPS) is 11.2. The van der Waals surface area contributed by atoms with E-state index in [2.05, 4.69) is 5.18 Å². The number of benzene rings is 2. The highest BCUT2D eigenvalue weighted by Gasteiger charge is 2.35. The SMILES string of the molecule is CCOC(=O)COc1ccccc1Oc1cc(-n2c(=O)cc(C(F)(F)F)n(C)c2=O)c(F)cc1N=O. The molecule has 0 radical (unpaired) electrons. The van der Waals surface area contributed by atoms with Crippen molar-refractivity contribution in [3.05, 3.63) is 79.7 Å². The second kappa shape index (κ2) is 10.4. The lowest BCUT2D eigenvalue weighted by atomic mass is 10.2. The maximum absolute atomic E-state index is 14.8. The number of alkyl halides is 3. The van der Waals surface area contributed by atoms with Crippen molar-refractivity contribution in [1.29, 1.82) is 0 Å². The Kier molecular flexibility index (Phi) is 7.56. The Labute approximate surface area is 199 Å². The van der Waals surface area contributed by atoms with Crippen LogP contribution in [0.3, 0.4) is 0 Å². The monoisotopic (exact) mass is 511 g/mol. The van der Waals surface area contributed by atoms with E-state index in [4.69, 9.17) is 14.2 Å². The molecule has 0 aliphatic rings. The number of hydrogen-bond donors (Lipinski definition) is 0. The average molecular weight is 511 g/mol. The Hall–Kier alpha value is -4.49. The number of para-hydroxylation sites is 2. The standard InChI is InChI=1S/C22H17F4N3O7/c1-3-34-20(31)11-35-15-6-4-5-7-16(15)36-17-9-14(12(23)8-13(17)27-33)29-19(30)10-18(22(24,25)26)28(2)21(29)32/h4-10H,3,11H2,1-2H3. The molecule has 0 atom stereocenters. The summed E-state index contributed by atoms with van der Waals surface area (Å²) in [5, 5.41) is 2.65. The summed E-state index contributed by atoms with van der Waals surface area (Å²) in [6, 6.07) is 7.23. The molecule has 2 aromatic carbocycles. The van der Waals surface area contributed by atoms with Gasteiger partial charge in [-0.2, -0.15) is 13.2 Å². The highest BCUT2D eigenvalue weighted by Crippen LogP contribution is 2.38. The molecule has 14 heteroatoms. The molecule has 0 fully saturated rings. The first-order valence-corrected chi connectivity index (χ1v) is 10.1. The van der Waals surface area contributed by atoms with Crippen LogP contribution in [0, 0.1) is 10.7 Å². The van der Waals surface area contributed by atoms with E-state index in [1.54, 1.807) is 6.92 Å². The largest absolute Gasteiger partial charge is 0.478 e. The van der Waals surface area contributed by atoms with Gasteiger partial charge in [-0.3, -0.25) is 9.36 Å². The molecular formula is C22H17F4N3O7. The van der Waals surface area contributed by atoms with Gasteiger partial charge in [0, 0.05) is 25.2 Å². The summed E-state index contributed by atoms with van der Waals surface area (Å²) in [5.74, 6) is -2.50. The molecule has 0 aliphatic carbocycles. The zero-order valence-electron chi connectivity index (χ0n) is 18.7. The van der Waals surface area contributed by atoms with E-state index in [-0.39, 0.29) is 33.3 Å². The second-order valence-electron chi connectivity index (χ2n) is 7.05. The number of nitrogens with zero attached hydrogens (tertiary/aromatic N) is 3. The molecule has 0 saturated carbocycles. The Morgan fingerprint density at radius 2 is 1.72 bits per heavy atom. The van der Waals surface area contributed by atoms with Gasteiger partial charge in [-0.15, -0.1) is 4.91 Å². The molecule has 1 heterocycles. The number of esters is 1. The number of aromatic nitrogens is 2. The van der Waals surface area contributed by atoms with Crippen LogP contribution in [0.1, 0.15) is 12.6 Å². The van der Waals surface area contributed by atoms with Crippen LogP contribution in [0.2, 0.25) is 0 Å². The van der Waals surface area contributed by atoms with Crippen LogP contribution < -0.4 is 20.7 Å². The molecule has 0 bridgehead atoms. The van der Waals surface area contributed by atoms with Crippen LogP contribution in [-0.2, 0) is 22.8 Å². The molecule has 0 saturated heterocycles. The predicted octanol–water partition coefficient (Wildman–Crippen LogP) is 3.83. The van der Waals surface area contributed by atoms with Crippen LogP contribution in [0.5, 0.6) is 17.2 Å². The molecule has 190 valence electrons. The maximum Gasteiger partial charge on any atom is 0.431 e. The van der Waals surface area contributed by atoms with Crippen molar-refractivity contribution in [1.82, 2.24) is 9.13 Å². The minimum absolute atomic E-state index is 0.0101. The van der Waals surface area contributed by atoms with Crippen LogP contribution in [-0.4, -0.2) is 28.3 Å². The highest BCUT2D eigenvalue weighted by atomic mass is 19.4. The van der Waals surface area contributed by atoms with Gasteiger partial charge >= 0.3 is 17.8 Å². The fraction of sp³-hybridized carbons (Fsp3) is 0.227. The van der Waals surface area contributed by atoms with E-state index >= 15 is 0 Å². The van der Waals surface area contributed by atoms with Gasteiger partial charge in [0.15, 0.2) is 29.5 Å². The summed E-state index contributed by atoms with van der Waals surface area (Å²) in [7, 11) is 0.759. The van der Waals surface area contributed by atoms with Crippen LogP contribution >= 0.6 is 0 Å². The summed E-state index contributed by atoms with van der Waals surface area (Å²) < 4.78 is 70.1. The van der Waals surface area contributed by atoms with Crippen LogP contribution in [0.25, 0.3) is 5.69 Å². The average Bonchev–Trinajstić information content (AvgIpc) is 2.82. The fourth-order valence-corrected chi connectivity index (χ4v) is 3.09. The van der Waals surface area contributed by atoms with Crippen LogP contribution in [0.15, 0.2) is 57.2 Å². The molecule has 0 unspecified atom stereocenters. The quantitative estimate of drug-likeness (QED) is 0.256. The number of carbonyl (C=O) groups excluding carboxylic acids is 1. The first-order valence-electron chi connectivity index (χ1n) is 10.1. The summed E-state index contributed by atoms with van der Waals surface area (Å²) >= 11 is 0. The number of hydrogen-bond acceptors (Lipinski definition) is 8. The first-order chi connectivity index (χ1) is 17.0. The molecule has 36 heavy (non-hydrogen) atoms. The highest BCUT2D eigenvalue weighted by molar-refractivity contribution is 5.71. The fourth-order valence-electron chi connectivity index (χ4n) is 3.09. The van der Waals surface area contributed by atoms with E-state index in [0.29, 0.717) is 6.07 Å². The van der Waals surface area contributed by atoms with Crippen molar-refractivity contribution >= 4 is 11.7 Å². The number of nitroso groups, excluding NO2 is 1. The molecule has 1 aromatic heterocycles. The lowest BCUT2D eigenvalue weighted by Crippen LogP contribution is -2.41. The number of ether oxygens (including phenoxy) is 3. The molecule has 10 nitrogen and oxygen atoms in total. The predicted molar refractivity (Wildman–Crippen MR) is 116 cm³/mol. The third-order valence-corrected chi connectivity index (χ3v) is 4.70. The zero-order valence-corrected chi connectivity index (χ0v) is 18.7. The third-order valence-electron chi connectivity index (χ3n) is 4.70. The lowest BCUT2D eigenvalue weighted by Gasteiger charge is -2.16. The lowest BCUT2D eigenvalue weighted by molar-refractivity contribution is -0.145. The van der Waals surface area contributed by atoms with Gasteiger partial charge < -0.3 is 14.2 Å². The molecule has 3 rings (SSSR count). The van der Waals surface area contributed by atoms with Gasteiger partial charge in [0.05, 0.1) is 12.3 Å². The van der Waals surface area contributed by atoms with Gasteiger partial charge in [0.25, 0.3) is 5.56 Å². The van der Waals surface area contributed by atoms with Crippen LogP contribution in [0.4, 0.5) is 23.2 Å². The van der Waals surface area contributed by atoms with Gasteiger partial charge in [-0.05, 0) is 24.2 Å². The summed E-state index contributed by atoms with van der Waals surface area (Å²) in [4.78, 5) is 47.8. The van der Waals surface area contributed by atoms with Crippen molar-refractivity contribution in [2.75, 3.05) is 13.2 Å². The molecule has 0 amide bonds. The first kappa shape index (κ1) is 26.1. The second-order valence-corrected chi connectivity index (χ2v) is 7.05. The third kappa shape index (κ3) is 5.42. The number of carbonyl (C=O) groups is 1. The van der Waals surface area contributed by atoms with Crippen molar-refractivity contribution in [2.45, 2.75) is 13.1 Å². The van der Waals surface area contributed by atoms with Gasteiger partial charge in [-0.25, -0.2) is 18.5 Å². The van der Waals surface area contributed by atoms with Crippen molar-refractivity contribution < 1.29 is 36.6 Å².